The van der Waals surface area contributed by atoms with E-state index in [1.807, 2.05) is 0 Å². The first-order valence-electron chi connectivity index (χ1n) is 5.01. The molecule has 2 rings (SSSR count). The maximum atomic E-state index is 11.1. The first kappa shape index (κ1) is 11.8. The number of hydrogen-bond acceptors (Lipinski definition) is 4. The Bertz CT molecular complexity index is 678. The minimum atomic E-state index is -1.40. The predicted molar refractivity (Wildman–Crippen MR) is 62.1 cm³/mol. The molecule has 0 aliphatic heterocycles. The van der Waals surface area contributed by atoms with Crippen molar-refractivity contribution in [3.8, 4) is 5.75 Å². The highest BCUT2D eigenvalue weighted by Crippen LogP contribution is 2.30. The van der Waals surface area contributed by atoms with E-state index in [1.54, 1.807) is 13.0 Å². The summed E-state index contributed by atoms with van der Waals surface area (Å²) in [7, 11) is 0. The largest absolute Gasteiger partial charge is 0.505 e. The van der Waals surface area contributed by atoms with Crippen molar-refractivity contribution in [1.29, 1.82) is 0 Å². The lowest BCUT2D eigenvalue weighted by Gasteiger charge is -2.08. The molecule has 6 nitrogen and oxygen atoms in total. The van der Waals surface area contributed by atoms with E-state index >= 15 is 0 Å². The van der Waals surface area contributed by atoms with Gasteiger partial charge in [-0.05, 0) is 25.1 Å². The summed E-state index contributed by atoms with van der Waals surface area (Å²) < 4.78 is 0. The van der Waals surface area contributed by atoms with Crippen molar-refractivity contribution in [2.45, 2.75) is 6.92 Å². The van der Waals surface area contributed by atoms with Gasteiger partial charge in [0.1, 0.15) is 11.1 Å². The lowest BCUT2D eigenvalue weighted by Crippen LogP contribution is -2.05. The van der Waals surface area contributed by atoms with Crippen molar-refractivity contribution in [3.63, 3.8) is 0 Å². The molecular weight excluding hydrogens is 238 g/mol. The SMILES string of the molecule is Cc1ccc2c(C(=O)O)cc(C(=O)O)c(O)c2n1. The summed E-state index contributed by atoms with van der Waals surface area (Å²) in [6.45, 7) is 1.66. The molecule has 3 N–H and O–H groups in total. The summed E-state index contributed by atoms with van der Waals surface area (Å²) in [4.78, 5) is 26.0. The van der Waals surface area contributed by atoms with Gasteiger partial charge in [0.25, 0.3) is 0 Å². The van der Waals surface area contributed by atoms with Crippen LogP contribution in [0.3, 0.4) is 0 Å². The number of aromatic nitrogens is 1. The number of aromatic carboxylic acids is 2. The molecule has 0 unspecified atom stereocenters. The number of pyridine rings is 1. The van der Waals surface area contributed by atoms with Crippen LogP contribution in [0.1, 0.15) is 26.4 Å². The van der Waals surface area contributed by atoms with Crippen molar-refractivity contribution < 1.29 is 24.9 Å². The lowest BCUT2D eigenvalue weighted by molar-refractivity contribution is 0.0693. The number of carboxylic acid groups (broad SMARTS) is 2. The van der Waals surface area contributed by atoms with Crippen molar-refractivity contribution in [2.75, 3.05) is 0 Å². The van der Waals surface area contributed by atoms with E-state index in [0.29, 0.717) is 5.69 Å². The van der Waals surface area contributed by atoms with E-state index in [1.165, 1.54) is 6.07 Å². The summed E-state index contributed by atoms with van der Waals surface area (Å²) in [5.41, 5.74) is -0.144. The van der Waals surface area contributed by atoms with Gasteiger partial charge in [0, 0.05) is 11.1 Å². The predicted octanol–water partition coefficient (Wildman–Crippen LogP) is 1.65. The minimum Gasteiger partial charge on any atom is -0.505 e. The fourth-order valence-electron chi connectivity index (χ4n) is 1.71. The van der Waals surface area contributed by atoms with Gasteiger partial charge in [-0.15, -0.1) is 0 Å². The Morgan fingerprint density at radius 1 is 1.11 bits per heavy atom. The Kier molecular flexibility index (Phi) is 2.63. The Morgan fingerprint density at radius 2 is 1.72 bits per heavy atom. The molecule has 6 heteroatoms. The van der Waals surface area contributed by atoms with Crippen LogP contribution in [-0.2, 0) is 0 Å². The van der Waals surface area contributed by atoms with Gasteiger partial charge < -0.3 is 15.3 Å². The molecule has 0 bridgehead atoms. The monoisotopic (exact) mass is 247 g/mol. The molecule has 0 atom stereocenters. The van der Waals surface area contributed by atoms with Gasteiger partial charge in [0.05, 0.1) is 5.56 Å². The van der Waals surface area contributed by atoms with Crippen molar-refractivity contribution in [2.24, 2.45) is 0 Å². The standard InChI is InChI=1S/C12H9NO5/c1-5-2-3-6-7(11(15)16)4-8(12(17)18)10(14)9(6)13-5/h2-4,14H,1H3,(H,15,16)(H,17,18). The summed E-state index contributed by atoms with van der Waals surface area (Å²) in [5, 5.41) is 28.0. The van der Waals surface area contributed by atoms with Crippen LogP contribution in [0.25, 0.3) is 10.9 Å². The number of carbonyl (C=O) groups is 2. The van der Waals surface area contributed by atoms with Gasteiger partial charge in [-0.1, -0.05) is 0 Å². The molecule has 0 spiro atoms. The van der Waals surface area contributed by atoms with Crippen LogP contribution in [-0.4, -0.2) is 32.2 Å². The van der Waals surface area contributed by atoms with Crippen LogP contribution >= 0.6 is 0 Å². The molecule has 0 fully saturated rings. The number of phenols is 1. The van der Waals surface area contributed by atoms with Crippen molar-refractivity contribution in [3.05, 3.63) is 35.0 Å². The molecule has 0 amide bonds. The first-order valence-corrected chi connectivity index (χ1v) is 5.01. The third-order valence-electron chi connectivity index (χ3n) is 2.55. The van der Waals surface area contributed by atoms with Crippen LogP contribution in [0, 0.1) is 6.92 Å². The molecule has 0 saturated heterocycles. The highest BCUT2D eigenvalue weighted by atomic mass is 16.4. The highest BCUT2D eigenvalue weighted by Gasteiger charge is 2.20. The fourth-order valence-corrected chi connectivity index (χ4v) is 1.71. The van der Waals surface area contributed by atoms with Crippen LogP contribution in [0.4, 0.5) is 0 Å². The number of benzene rings is 1. The van der Waals surface area contributed by atoms with Gasteiger partial charge in [-0.3, -0.25) is 0 Å². The van der Waals surface area contributed by atoms with Gasteiger partial charge in [-0.2, -0.15) is 0 Å². The average molecular weight is 247 g/mol. The van der Waals surface area contributed by atoms with E-state index in [4.69, 9.17) is 10.2 Å². The first-order chi connectivity index (χ1) is 8.41. The van der Waals surface area contributed by atoms with Crippen LogP contribution in [0.2, 0.25) is 0 Å². The normalized spacial score (nSPS) is 10.5. The van der Waals surface area contributed by atoms with E-state index in [2.05, 4.69) is 4.98 Å². The molecule has 0 saturated carbocycles. The second kappa shape index (κ2) is 3.99. The van der Waals surface area contributed by atoms with E-state index in [-0.39, 0.29) is 16.5 Å². The number of carboxylic acids is 2. The van der Waals surface area contributed by atoms with Crippen LogP contribution in [0.5, 0.6) is 5.75 Å². The number of fused-ring (bicyclic) bond motifs is 1. The molecule has 92 valence electrons. The fraction of sp³-hybridized carbons (Fsp3) is 0.0833. The topological polar surface area (TPSA) is 108 Å². The number of hydrogen-bond donors (Lipinski definition) is 3. The molecular formula is C12H9NO5. The van der Waals surface area contributed by atoms with Crippen LogP contribution in [0.15, 0.2) is 18.2 Å². The zero-order valence-electron chi connectivity index (χ0n) is 9.34. The third-order valence-corrected chi connectivity index (χ3v) is 2.55. The lowest BCUT2D eigenvalue weighted by atomic mass is 10.0. The Hall–Kier alpha value is -2.63. The zero-order valence-corrected chi connectivity index (χ0v) is 9.34. The van der Waals surface area contributed by atoms with E-state index < -0.39 is 23.3 Å². The minimum absolute atomic E-state index is 0.0210. The molecule has 18 heavy (non-hydrogen) atoms. The summed E-state index contributed by atoms with van der Waals surface area (Å²) in [6.07, 6.45) is 0. The molecule has 1 heterocycles. The molecule has 0 radical (unpaired) electrons. The summed E-state index contributed by atoms with van der Waals surface area (Å²) in [6, 6.07) is 4.01. The third kappa shape index (κ3) is 1.73. The second-order valence-corrected chi connectivity index (χ2v) is 3.78. The van der Waals surface area contributed by atoms with Gasteiger partial charge in [-0.25, -0.2) is 14.6 Å². The molecule has 0 aliphatic rings. The van der Waals surface area contributed by atoms with E-state index in [0.717, 1.165) is 6.07 Å². The Balaban J connectivity index is 2.97. The molecule has 1 aromatic carbocycles. The number of rotatable bonds is 2. The summed E-state index contributed by atoms with van der Waals surface area (Å²) in [5.74, 6) is -3.19. The Morgan fingerprint density at radius 3 is 2.28 bits per heavy atom. The number of nitrogens with zero attached hydrogens (tertiary/aromatic N) is 1. The second-order valence-electron chi connectivity index (χ2n) is 3.78. The van der Waals surface area contributed by atoms with Gasteiger partial charge in [0.2, 0.25) is 0 Å². The summed E-state index contributed by atoms with van der Waals surface area (Å²) >= 11 is 0. The number of aryl methyl sites for hydroxylation is 1. The van der Waals surface area contributed by atoms with Gasteiger partial charge in [0.15, 0.2) is 5.75 Å². The maximum Gasteiger partial charge on any atom is 0.339 e. The Labute approximate surface area is 101 Å². The number of aromatic hydroxyl groups is 1. The zero-order chi connectivity index (χ0) is 13.4. The highest BCUT2D eigenvalue weighted by molar-refractivity contribution is 6.09. The molecule has 1 aromatic heterocycles. The maximum absolute atomic E-state index is 11.1. The van der Waals surface area contributed by atoms with Crippen LogP contribution < -0.4 is 0 Å². The van der Waals surface area contributed by atoms with Crippen molar-refractivity contribution in [1.82, 2.24) is 4.98 Å². The molecule has 2 aromatic rings. The van der Waals surface area contributed by atoms with Crippen molar-refractivity contribution >= 4 is 22.8 Å². The average Bonchev–Trinajstić information content (AvgIpc) is 2.29. The van der Waals surface area contributed by atoms with E-state index in [9.17, 15) is 14.7 Å². The van der Waals surface area contributed by atoms with Gasteiger partial charge >= 0.3 is 11.9 Å². The molecule has 0 aliphatic carbocycles. The quantitative estimate of drug-likeness (QED) is 0.744. The smallest absolute Gasteiger partial charge is 0.339 e.